The topological polar surface area (TPSA) is 32.3 Å². The molecule has 2 N–H and O–H groups in total. The Hall–Kier alpha value is -0.940. The molecule has 1 aliphatic carbocycles. The van der Waals surface area contributed by atoms with Gasteiger partial charge in [0.2, 0.25) is 0 Å². The molecule has 0 amide bonds. The molecule has 0 spiro atoms. The Labute approximate surface area is 127 Å². The van der Waals surface area contributed by atoms with Gasteiger partial charge in [-0.05, 0) is 31.0 Å². The van der Waals surface area contributed by atoms with Gasteiger partial charge in [-0.25, -0.2) is 0 Å². The first-order chi connectivity index (χ1) is 9.86. The van der Waals surface area contributed by atoms with Gasteiger partial charge in [-0.15, -0.1) is 0 Å². The highest BCUT2D eigenvalue weighted by molar-refractivity contribution is 6.31. The maximum atomic E-state index is 12.8. The average Bonchev–Trinajstić information content (AvgIpc) is 2.46. The molecule has 21 heavy (non-hydrogen) atoms. The lowest BCUT2D eigenvalue weighted by molar-refractivity contribution is -0.137. The minimum Gasteiger partial charge on any atom is -0.396 e. The highest BCUT2D eigenvalue weighted by Crippen LogP contribution is 2.38. The lowest BCUT2D eigenvalue weighted by atomic mass is 9.74. The van der Waals surface area contributed by atoms with E-state index in [1.807, 2.05) is 0 Å². The Morgan fingerprint density at radius 2 is 1.86 bits per heavy atom. The van der Waals surface area contributed by atoms with Crippen molar-refractivity contribution in [3.8, 4) is 0 Å². The Kier molecular flexibility index (Phi) is 5.04. The summed E-state index contributed by atoms with van der Waals surface area (Å²) < 4.78 is 38.4. The van der Waals surface area contributed by atoms with Crippen molar-refractivity contribution in [1.82, 2.24) is 0 Å². The lowest BCUT2D eigenvalue weighted by Gasteiger charge is -2.36. The molecule has 1 aromatic rings. The standard InChI is InChI=1S/C15H19ClF3NO/c16-13-5-4-11(8-12(13)15(17,18)19)20-9-14(10-21)6-2-1-3-7-14/h4-5,8,20-21H,1-3,6-7,9-10H2. The number of hydrogen-bond acceptors (Lipinski definition) is 2. The molecule has 0 atom stereocenters. The molecule has 1 saturated carbocycles. The summed E-state index contributed by atoms with van der Waals surface area (Å²) in [5.41, 5.74) is -0.683. The van der Waals surface area contributed by atoms with E-state index in [2.05, 4.69) is 5.32 Å². The molecular weight excluding hydrogens is 303 g/mol. The smallest absolute Gasteiger partial charge is 0.396 e. The number of hydrogen-bond donors (Lipinski definition) is 2. The van der Waals surface area contributed by atoms with E-state index in [1.54, 1.807) is 0 Å². The van der Waals surface area contributed by atoms with Crippen LogP contribution in [-0.2, 0) is 6.18 Å². The van der Waals surface area contributed by atoms with Crippen LogP contribution in [0.25, 0.3) is 0 Å². The quantitative estimate of drug-likeness (QED) is 0.841. The van der Waals surface area contributed by atoms with E-state index < -0.39 is 11.7 Å². The molecule has 0 unspecified atom stereocenters. The molecule has 0 heterocycles. The average molecular weight is 322 g/mol. The number of aliphatic hydroxyl groups is 1. The monoisotopic (exact) mass is 321 g/mol. The SMILES string of the molecule is OCC1(CNc2ccc(Cl)c(C(F)(F)F)c2)CCCCC1. The van der Waals surface area contributed by atoms with Gasteiger partial charge in [0.25, 0.3) is 0 Å². The molecule has 0 saturated heterocycles. The third-order valence-electron chi connectivity index (χ3n) is 4.19. The van der Waals surface area contributed by atoms with Gasteiger partial charge in [0.1, 0.15) is 0 Å². The summed E-state index contributed by atoms with van der Waals surface area (Å²) in [5, 5.41) is 12.3. The Balaban J connectivity index is 2.09. The fourth-order valence-corrected chi connectivity index (χ4v) is 3.06. The minimum atomic E-state index is -4.46. The zero-order valence-corrected chi connectivity index (χ0v) is 12.4. The van der Waals surface area contributed by atoms with Crippen LogP contribution in [0.4, 0.5) is 18.9 Å². The molecule has 1 fully saturated rings. The summed E-state index contributed by atoms with van der Waals surface area (Å²) in [6, 6.07) is 3.81. The molecule has 2 nitrogen and oxygen atoms in total. The lowest BCUT2D eigenvalue weighted by Crippen LogP contribution is -2.35. The van der Waals surface area contributed by atoms with Gasteiger partial charge < -0.3 is 10.4 Å². The first-order valence-corrected chi connectivity index (χ1v) is 7.46. The number of halogens is 4. The molecule has 0 radical (unpaired) electrons. The van der Waals surface area contributed by atoms with Crippen LogP contribution < -0.4 is 5.32 Å². The van der Waals surface area contributed by atoms with Crippen molar-refractivity contribution in [3.05, 3.63) is 28.8 Å². The normalized spacial score (nSPS) is 18.5. The fraction of sp³-hybridized carbons (Fsp3) is 0.600. The Bertz CT molecular complexity index is 484. The van der Waals surface area contributed by atoms with Crippen molar-refractivity contribution in [2.45, 2.75) is 38.3 Å². The molecule has 1 aliphatic rings. The van der Waals surface area contributed by atoms with Gasteiger partial charge in [0.15, 0.2) is 0 Å². The van der Waals surface area contributed by atoms with Gasteiger partial charge in [-0.3, -0.25) is 0 Å². The van der Waals surface area contributed by atoms with Crippen LogP contribution >= 0.6 is 11.6 Å². The number of anilines is 1. The van der Waals surface area contributed by atoms with E-state index in [9.17, 15) is 18.3 Å². The van der Waals surface area contributed by atoms with Gasteiger partial charge in [0.05, 0.1) is 17.2 Å². The van der Waals surface area contributed by atoms with E-state index in [-0.39, 0.29) is 17.0 Å². The number of alkyl halides is 3. The van der Waals surface area contributed by atoms with Crippen LogP contribution in [0.1, 0.15) is 37.7 Å². The molecule has 6 heteroatoms. The van der Waals surface area contributed by atoms with E-state index in [0.717, 1.165) is 38.2 Å². The third kappa shape index (κ3) is 4.04. The zero-order valence-electron chi connectivity index (χ0n) is 11.6. The minimum absolute atomic E-state index is 0.0553. The van der Waals surface area contributed by atoms with E-state index in [0.29, 0.717) is 12.2 Å². The van der Waals surface area contributed by atoms with Crippen molar-refractivity contribution in [2.24, 2.45) is 5.41 Å². The van der Waals surface area contributed by atoms with Gasteiger partial charge in [-0.2, -0.15) is 13.2 Å². The van der Waals surface area contributed by atoms with E-state index in [4.69, 9.17) is 11.6 Å². The molecule has 0 aliphatic heterocycles. The summed E-state index contributed by atoms with van der Waals surface area (Å²) in [6.45, 7) is 0.530. The molecule has 0 bridgehead atoms. The second-order valence-electron chi connectivity index (χ2n) is 5.76. The maximum Gasteiger partial charge on any atom is 0.417 e. The first kappa shape index (κ1) is 16.4. The third-order valence-corrected chi connectivity index (χ3v) is 4.52. The van der Waals surface area contributed by atoms with Crippen LogP contribution in [0.15, 0.2) is 18.2 Å². The van der Waals surface area contributed by atoms with Crippen LogP contribution in [0, 0.1) is 5.41 Å². The number of rotatable bonds is 4. The van der Waals surface area contributed by atoms with E-state index >= 15 is 0 Å². The highest BCUT2D eigenvalue weighted by Gasteiger charge is 2.34. The summed E-state index contributed by atoms with van der Waals surface area (Å²) in [7, 11) is 0. The second-order valence-corrected chi connectivity index (χ2v) is 6.17. The molecular formula is C15H19ClF3NO. The van der Waals surface area contributed by atoms with Gasteiger partial charge in [0, 0.05) is 17.6 Å². The Morgan fingerprint density at radius 1 is 1.19 bits per heavy atom. The molecule has 2 rings (SSSR count). The number of benzene rings is 1. The van der Waals surface area contributed by atoms with Crippen molar-refractivity contribution >= 4 is 17.3 Å². The summed E-state index contributed by atoms with van der Waals surface area (Å²) in [6.07, 6.45) is 0.592. The van der Waals surface area contributed by atoms with Crippen molar-refractivity contribution in [3.63, 3.8) is 0 Å². The van der Waals surface area contributed by atoms with E-state index in [1.165, 1.54) is 12.1 Å². The maximum absolute atomic E-state index is 12.8. The van der Waals surface area contributed by atoms with Crippen LogP contribution in [0.5, 0.6) is 0 Å². The largest absolute Gasteiger partial charge is 0.417 e. The predicted molar refractivity (Wildman–Crippen MR) is 77.5 cm³/mol. The first-order valence-electron chi connectivity index (χ1n) is 7.08. The van der Waals surface area contributed by atoms with Crippen LogP contribution in [0.3, 0.4) is 0 Å². The van der Waals surface area contributed by atoms with Crippen molar-refractivity contribution in [1.29, 1.82) is 0 Å². The second kappa shape index (κ2) is 6.44. The van der Waals surface area contributed by atoms with Crippen molar-refractivity contribution in [2.75, 3.05) is 18.5 Å². The molecule has 0 aromatic heterocycles. The van der Waals surface area contributed by atoms with Gasteiger partial charge in [-0.1, -0.05) is 30.9 Å². The van der Waals surface area contributed by atoms with Crippen molar-refractivity contribution < 1.29 is 18.3 Å². The van der Waals surface area contributed by atoms with Crippen LogP contribution in [-0.4, -0.2) is 18.3 Å². The summed E-state index contributed by atoms with van der Waals surface area (Å²) in [4.78, 5) is 0. The molecule has 118 valence electrons. The van der Waals surface area contributed by atoms with Crippen LogP contribution in [0.2, 0.25) is 5.02 Å². The predicted octanol–water partition coefficient (Wildman–Crippen LogP) is 4.71. The highest BCUT2D eigenvalue weighted by atomic mass is 35.5. The molecule has 1 aromatic carbocycles. The zero-order chi connectivity index (χ0) is 15.5. The summed E-state index contributed by atoms with van der Waals surface area (Å²) >= 11 is 5.60. The Morgan fingerprint density at radius 3 is 2.43 bits per heavy atom. The number of nitrogens with one attached hydrogen (secondary N) is 1. The number of aliphatic hydroxyl groups excluding tert-OH is 1. The fourth-order valence-electron chi connectivity index (χ4n) is 2.83. The van der Waals surface area contributed by atoms with Gasteiger partial charge >= 0.3 is 6.18 Å². The summed E-state index contributed by atoms with van der Waals surface area (Å²) in [5.74, 6) is 0.